The Kier molecular flexibility index (Phi) is 11.3. The van der Waals surface area contributed by atoms with Crippen LogP contribution in [0.1, 0.15) is 278 Å². The van der Waals surface area contributed by atoms with Gasteiger partial charge in [-0.05, 0) is 266 Å². The molecule has 10 aromatic carbocycles. The van der Waals surface area contributed by atoms with Crippen molar-refractivity contribution >= 4 is 43.1 Å². The van der Waals surface area contributed by atoms with Gasteiger partial charge in [-0.25, -0.2) is 0 Å². The first-order valence-electron chi connectivity index (χ1n) is 35.1. The van der Waals surface area contributed by atoms with E-state index in [0.29, 0.717) is 47.3 Å². The molecule has 10 aliphatic carbocycles. The Morgan fingerprint density at radius 1 is 0.244 bits per heavy atom. The van der Waals surface area contributed by atoms with Crippen LogP contribution in [-0.4, -0.2) is 0 Å². The second kappa shape index (κ2) is 18.9. The first-order chi connectivity index (χ1) is 42.4. The lowest BCUT2D eigenvalue weighted by molar-refractivity contribution is 0.397. The van der Waals surface area contributed by atoms with Crippen molar-refractivity contribution in [2.24, 2.45) is 0 Å². The van der Waals surface area contributed by atoms with Crippen LogP contribution in [0.25, 0.3) is 87.6 Å². The Balaban J connectivity index is 0.972. The number of benzene rings is 10. The van der Waals surface area contributed by atoms with Crippen LogP contribution in [0.5, 0.6) is 0 Å². The number of aryl methyl sites for hydroxylation is 6. The van der Waals surface area contributed by atoms with Crippen LogP contribution in [0.15, 0.2) is 109 Å². The van der Waals surface area contributed by atoms with E-state index in [0.717, 1.165) is 25.7 Å². The summed E-state index contributed by atoms with van der Waals surface area (Å²) in [7, 11) is 0. The van der Waals surface area contributed by atoms with E-state index in [9.17, 15) is 0 Å². The summed E-state index contributed by atoms with van der Waals surface area (Å²) in [5, 5.41) is 12.8. The molecule has 0 heterocycles. The minimum Gasteiger partial charge on any atom is -0.0654 e. The summed E-state index contributed by atoms with van der Waals surface area (Å²) in [6, 6.07) is 48.4. The molecular weight excluding hydrogens is 1030 g/mol. The monoisotopic (exact) mass is 1120 g/mol. The molecule has 428 valence electrons. The van der Waals surface area contributed by atoms with E-state index in [1.165, 1.54) is 158 Å². The normalized spacial score (nSPS) is 21.8. The van der Waals surface area contributed by atoms with Gasteiger partial charge < -0.3 is 0 Å². The standard InChI is InChI=1S/C86H84/c1-7-11-15-19-23-47-61-41-65-51-31-36-58-74-60-38-33-53(71(51)74)67(65)43-63(61)49(25-21-17-13-9-3)77-75(47)79-55-29-27-45(5)39-69(55)85(77)83-59-37-34-54-68-44-64-50(26-22-18-14-10-4)78-76(80-56-30-28-46(6)40-70(56)86(78)84(60)82(58)80)48(24-20-16-12-8-2)62(64)42-66(68)52-32-35-57(81(79)83)73(59)72(52)54/h27-44,79-86H,7-26H2,1-6H3/t79-,80-,81+,82+,83+,84+,85+,86+/m0/s1. The molecule has 0 radical (unpaired) electrons. The quantitative estimate of drug-likeness (QED) is 0.0667. The number of rotatable bonds is 20. The van der Waals surface area contributed by atoms with Crippen LogP contribution >= 0.6 is 0 Å². The molecule has 0 aromatic heterocycles. The molecule has 10 aliphatic rings. The van der Waals surface area contributed by atoms with Crippen molar-refractivity contribution in [1.29, 1.82) is 0 Å². The van der Waals surface area contributed by atoms with Crippen LogP contribution in [0, 0.1) is 13.8 Å². The third-order valence-corrected chi connectivity index (χ3v) is 24.9. The van der Waals surface area contributed by atoms with Crippen molar-refractivity contribution in [2.75, 3.05) is 0 Å². The smallest absolute Gasteiger partial charge is 0.0174 e. The van der Waals surface area contributed by atoms with Crippen LogP contribution < -0.4 is 0 Å². The fourth-order valence-corrected chi connectivity index (χ4v) is 21.8. The SMILES string of the molecule is CCCCCCc1c2c3c(CCCCCC)c4cc5c(cc14)-c1ccc4c6c(ccc-5c16)[C@H]1[C@@H]5c6cc(C)ccc6[C@@H](c6c5c(CCCCCC)c5cc7c(cc5c6CCCCCC)-c5ccc6c8c(ccc-7c58)[C@H]5[C@@H]3c3cc(C)ccc3[C@@H]2[C@@H]65)[C@@H]41. The second-order valence-corrected chi connectivity index (χ2v) is 29.3. The van der Waals surface area contributed by atoms with Gasteiger partial charge in [-0.3, -0.25) is 0 Å². The van der Waals surface area contributed by atoms with Gasteiger partial charge in [-0.15, -0.1) is 0 Å². The van der Waals surface area contributed by atoms with E-state index in [1.54, 1.807) is 132 Å². The van der Waals surface area contributed by atoms with Crippen LogP contribution in [0.3, 0.4) is 0 Å². The van der Waals surface area contributed by atoms with Crippen molar-refractivity contribution in [3.05, 3.63) is 209 Å². The summed E-state index contributed by atoms with van der Waals surface area (Å²) in [4.78, 5) is 0. The predicted octanol–water partition coefficient (Wildman–Crippen LogP) is 24.0. The second-order valence-electron chi connectivity index (χ2n) is 29.3. The Hall–Kier alpha value is -6.76. The van der Waals surface area contributed by atoms with E-state index in [2.05, 4.69) is 151 Å². The minimum absolute atomic E-state index is 0.314. The Morgan fingerprint density at radius 2 is 0.512 bits per heavy atom. The number of hydrogen-bond acceptors (Lipinski definition) is 0. The maximum Gasteiger partial charge on any atom is 0.0174 e. The van der Waals surface area contributed by atoms with Gasteiger partial charge in [-0.2, -0.15) is 0 Å². The van der Waals surface area contributed by atoms with Crippen molar-refractivity contribution in [3.63, 3.8) is 0 Å². The molecule has 0 unspecified atom stereocenters. The molecular formula is C86H84. The molecule has 0 heteroatoms. The highest BCUT2D eigenvalue weighted by Gasteiger charge is 2.59. The number of hydrogen-bond donors (Lipinski definition) is 0. The fraction of sp³-hybridized carbons (Fsp3) is 0.395. The molecule has 0 spiro atoms. The molecule has 10 aromatic rings. The zero-order valence-corrected chi connectivity index (χ0v) is 52.2. The first kappa shape index (κ1) is 51.3. The largest absolute Gasteiger partial charge is 0.0654 e. The van der Waals surface area contributed by atoms with Gasteiger partial charge in [0.1, 0.15) is 0 Å². The summed E-state index contributed by atoms with van der Waals surface area (Å²) >= 11 is 0. The third kappa shape index (κ3) is 6.48. The van der Waals surface area contributed by atoms with Crippen LogP contribution in [-0.2, 0) is 25.7 Å². The Morgan fingerprint density at radius 3 is 0.791 bits per heavy atom. The van der Waals surface area contributed by atoms with Crippen LogP contribution in [0.2, 0.25) is 0 Å². The van der Waals surface area contributed by atoms with E-state index < -0.39 is 0 Å². The van der Waals surface area contributed by atoms with Crippen molar-refractivity contribution < 1.29 is 0 Å². The number of fused-ring (bicyclic) bond motifs is 8. The first-order valence-corrected chi connectivity index (χ1v) is 35.1. The molecule has 0 aliphatic heterocycles. The predicted molar refractivity (Wildman–Crippen MR) is 364 cm³/mol. The molecule has 8 atom stereocenters. The average molecular weight is 1120 g/mol. The van der Waals surface area contributed by atoms with Gasteiger partial charge >= 0.3 is 0 Å². The molecule has 0 amide bonds. The van der Waals surface area contributed by atoms with Crippen molar-refractivity contribution in [1.82, 2.24) is 0 Å². The van der Waals surface area contributed by atoms with Gasteiger partial charge in [0, 0.05) is 47.3 Å². The van der Waals surface area contributed by atoms with Gasteiger partial charge in [0.25, 0.3) is 0 Å². The summed E-state index contributed by atoms with van der Waals surface area (Å²) in [5.41, 5.74) is 41.9. The lowest BCUT2D eigenvalue weighted by Crippen LogP contribution is -2.37. The molecule has 0 saturated heterocycles. The van der Waals surface area contributed by atoms with E-state index in [-0.39, 0.29) is 0 Å². The summed E-state index contributed by atoms with van der Waals surface area (Å²) in [6.45, 7) is 14.3. The lowest BCUT2D eigenvalue weighted by atomic mass is 9.51. The highest BCUT2D eigenvalue weighted by atomic mass is 14.6. The molecule has 20 rings (SSSR count). The third-order valence-electron chi connectivity index (χ3n) is 24.9. The molecule has 0 saturated carbocycles. The fourth-order valence-electron chi connectivity index (χ4n) is 21.8. The topological polar surface area (TPSA) is 0 Å². The van der Waals surface area contributed by atoms with Crippen LogP contribution in [0.4, 0.5) is 0 Å². The average Bonchev–Trinajstić information content (AvgIpc) is 1.32. The highest BCUT2D eigenvalue weighted by molar-refractivity contribution is 6.22. The van der Waals surface area contributed by atoms with Gasteiger partial charge in [-0.1, -0.05) is 201 Å². The zero-order chi connectivity index (χ0) is 57.1. The summed E-state index contributed by atoms with van der Waals surface area (Å²) in [6.07, 6.45) is 25.1. The van der Waals surface area contributed by atoms with E-state index in [1.807, 2.05) is 0 Å². The zero-order valence-electron chi connectivity index (χ0n) is 52.2. The highest BCUT2D eigenvalue weighted by Crippen LogP contribution is 2.75. The minimum atomic E-state index is 0.314. The van der Waals surface area contributed by atoms with Gasteiger partial charge in [0.05, 0.1) is 0 Å². The Labute approximate surface area is 511 Å². The summed E-state index contributed by atoms with van der Waals surface area (Å²) in [5.74, 6) is 2.87. The molecule has 86 heavy (non-hydrogen) atoms. The van der Waals surface area contributed by atoms with Crippen molar-refractivity contribution in [2.45, 2.75) is 217 Å². The molecule has 0 nitrogen and oxygen atoms in total. The summed E-state index contributed by atoms with van der Waals surface area (Å²) < 4.78 is 0. The van der Waals surface area contributed by atoms with Gasteiger partial charge in [0.15, 0.2) is 0 Å². The van der Waals surface area contributed by atoms with E-state index >= 15 is 0 Å². The maximum absolute atomic E-state index is 2.83. The maximum atomic E-state index is 2.83. The van der Waals surface area contributed by atoms with Crippen molar-refractivity contribution in [3.8, 4) is 44.5 Å². The Bertz CT molecular complexity index is 4370. The van der Waals surface area contributed by atoms with E-state index in [4.69, 9.17) is 0 Å². The molecule has 4 bridgehead atoms. The van der Waals surface area contributed by atoms with Gasteiger partial charge in [0.2, 0.25) is 0 Å². The molecule has 0 N–H and O–H groups in total. The molecule has 0 fully saturated rings. The lowest BCUT2D eigenvalue weighted by Gasteiger charge is -2.51. The number of unbranched alkanes of at least 4 members (excludes halogenated alkanes) is 12.